The molecule has 2 heterocycles. The molecule has 1 saturated heterocycles. The average molecular weight is 394 g/mol. The van der Waals surface area contributed by atoms with Crippen molar-refractivity contribution in [1.82, 2.24) is 15.3 Å². The minimum Gasteiger partial charge on any atom is -0.376 e. The van der Waals surface area contributed by atoms with Crippen molar-refractivity contribution in [3.05, 3.63) is 65.9 Å². The normalized spacial score (nSPS) is 16.4. The van der Waals surface area contributed by atoms with Crippen molar-refractivity contribution in [3.8, 4) is 0 Å². The number of carbonyl (C=O) groups is 1. The monoisotopic (exact) mass is 393 g/mol. The van der Waals surface area contributed by atoms with E-state index < -0.39 is 0 Å². The Kier molecular flexibility index (Phi) is 6.19. The molecule has 1 aliphatic heterocycles. The van der Waals surface area contributed by atoms with Crippen molar-refractivity contribution in [2.75, 3.05) is 18.9 Å². The van der Waals surface area contributed by atoms with Gasteiger partial charge in [0.05, 0.1) is 28.6 Å². The summed E-state index contributed by atoms with van der Waals surface area (Å²) in [6.45, 7) is 1.38. The Balaban J connectivity index is 1.47. The maximum absolute atomic E-state index is 12.3. The topological polar surface area (TPSA) is 64.1 Å². The highest BCUT2D eigenvalue weighted by atomic mass is 32.2. The number of nitrogens with zero attached hydrogens (tertiary/aromatic N) is 2. The van der Waals surface area contributed by atoms with Crippen molar-refractivity contribution in [2.45, 2.75) is 30.4 Å². The van der Waals surface area contributed by atoms with Gasteiger partial charge in [-0.2, -0.15) is 0 Å². The van der Waals surface area contributed by atoms with Gasteiger partial charge in [-0.25, -0.2) is 9.97 Å². The van der Waals surface area contributed by atoms with E-state index in [9.17, 15) is 4.79 Å². The lowest BCUT2D eigenvalue weighted by Crippen LogP contribution is -2.32. The Morgan fingerprint density at radius 3 is 2.57 bits per heavy atom. The zero-order valence-electron chi connectivity index (χ0n) is 15.6. The molecule has 1 aliphatic rings. The number of hydrogen-bond acceptors (Lipinski definition) is 5. The summed E-state index contributed by atoms with van der Waals surface area (Å²) in [7, 11) is 0. The van der Waals surface area contributed by atoms with E-state index in [0.29, 0.717) is 18.7 Å². The van der Waals surface area contributed by atoms with Gasteiger partial charge in [0.2, 0.25) is 5.91 Å². The highest BCUT2D eigenvalue weighted by Crippen LogP contribution is 2.24. The van der Waals surface area contributed by atoms with Crippen molar-refractivity contribution in [2.24, 2.45) is 0 Å². The molecule has 0 aliphatic carbocycles. The third kappa shape index (κ3) is 4.88. The molecular formula is C22H23N3O2S. The molecular weight excluding hydrogens is 370 g/mol. The standard InChI is InChI=1S/C22H23N3O2S/c26-21(23-14-17-9-6-12-27-17)15-28-22-20(13-16-7-2-1-3-8-16)24-18-10-4-5-11-19(18)25-22/h1-5,7-8,10-11,17H,6,9,12-15H2,(H,23,26)/t17-/m0/s1. The molecule has 3 aromatic rings. The maximum atomic E-state index is 12.3. The number of benzene rings is 2. The number of carbonyl (C=O) groups excluding carboxylic acids is 1. The van der Waals surface area contributed by atoms with E-state index in [-0.39, 0.29) is 12.0 Å². The fraction of sp³-hybridized carbons (Fsp3) is 0.318. The smallest absolute Gasteiger partial charge is 0.230 e. The van der Waals surface area contributed by atoms with Gasteiger partial charge in [-0.15, -0.1) is 0 Å². The summed E-state index contributed by atoms with van der Waals surface area (Å²) in [4.78, 5) is 21.9. The van der Waals surface area contributed by atoms with Crippen LogP contribution in [0.4, 0.5) is 0 Å². The third-order valence-corrected chi connectivity index (χ3v) is 5.72. The number of para-hydroxylation sites is 2. The summed E-state index contributed by atoms with van der Waals surface area (Å²) >= 11 is 1.45. The molecule has 0 spiro atoms. The Morgan fingerprint density at radius 2 is 1.82 bits per heavy atom. The number of rotatable bonds is 7. The molecule has 1 amide bonds. The van der Waals surface area contributed by atoms with Crippen LogP contribution in [-0.2, 0) is 16.0 Å². The van der Waals surface area contributed by atoms with Crippen molar-refractivity contribution in [3.63, 3.8) is 0 Å². The van der Waals surface area contributed by atoms with Crippen molar-refractivity contribution < 1.29 is 9.53 Å². The molecule has 5 nitrogen and oxygen atoms in total. The number of aromatic nitrogens is 2. The fourth-order valence-corrected chi connectivity index (χ4v) is 4.08. The third-order valence-electron chi connectivity index (χ3n) is 4.71. The summed E-state index contributed by atoms with van der Waals surface area (Å²) in [5.41, 5.74) is 3.81. The predicted molar refractivity (Wildman–Crippen MR) is 111 cm³/mol. The summed E-state index contributed by atoms with van der Waals surface area (Å²) in [5.74, 6) is 0.322. The minimum absolute atomic E-state index is 0.00104. The minimum atomic E-state index is 0.00104. The van der Waals surface area contributed by atoms with Crippen LogP contribution in [0.15, 0.2) is 59.6 Å². The molecule has 144 valence electrons. The zero-order chi connectivity index (χ0) is 19.2. The number of hydrogen-bond donors (Lipinski definition) is 1. The van der Waals surface area contributed by atoms with E-state index >= 15 is 0 Å². The summed E-state index contributed by atoms with van der Waals surface area (Å²) in [6, 6.07) is 18.1. The fourth-order valence-electron chi connectivity index (χ4n) is 3.26. The van der Waals surface area contributed by atoms with Crippen LogP contribution in [0.2, 0.25) is 0 Å². The first-order valence-corrected chi connectivity index (χ1v) is 10.6. The van der Waals surface area contributed by atoms with Crippen LogP contribution in [0.3, 0.4) is 0 Å². The van der Waals surface area contributed by atoms with Crippen LogP contribution in [0.1, 0.15) is 24.1 Å². The maximum Gasteiger partial charge on any atom is 0.230 e. The molecule has 6 heteroatoms. The first kappa shape index (κ1) is 18.9. The molecule has 28 heavy (non-hydrogen) atoms. The Hall–Kier alpha value is -2.44. The molecule has 0 bridgehead atoms. The second-order valence-corrected chi connectivity index (χ2v) is 7.82. The summed E-state index contributed by atoms with van der Waals surface area (Å²) < 4.78 is 5.56. The van der Waals surface area contributed by atoms with Gasteiger partial charge in [0.25, 0.3) is 0 Å². The highest BCUT2D eigenvalue weighted by molar-refractivity contribution is 7.99. The van der Waals surface area contributed by atoms with E-state index in [4.69, 9.17) is 14.7 Å². The second kappa shape index (κ2) is 9.17. The summed E-state index contributed by atoms with van der Waals surface area (Å²) in [6.07, 6.45) is 2.94. The van der Waals surface area contributed by atoms with E-state index in [0.717, 1.165) is 41.2 Å². The van der Waals surface area contributed by atoms with Gasteiger partial charge < -0.3 is 10.1 Å². The van der Waals surface area contributed by atoms with Gasteiger partial charge in [-0.3, -0.25) is 4.79 Å². The molecule has 4 rings (SSSR count). The van der Waals surface area contributed by atoms with Gasteiger partial charge >= 0.3 is 0 Å². The number of nitrogens with one attached hydrogen (secondary N) is 1. The van der Waals surface area contributed by atoms with Crippen LogP contribution in [0, 0.1) is 0 Å². The zero-order valence-corrected chi connectivity index (χ0v) is 16.5. The lowest BCUT2D eigenvalue weighted by Gasteiger charge is -2.12. The molecule has 2 aromatic carbocycles. The molecule has 1 fully saturated rings. The van der Waals surface area contributed by atoms with Gasteiger partial charge in [0.15, 0.2) is 0 Å². The van der Waals surface area contributed by atoms with Crippen molar-refractivity contribution in [1.29, 1.82) is 0 Å². The molecule has 0 saturated carbocycles. The lowest BCUT2D eigenvalue weighted by molar-refractivity contribution is -0.119. The molecule has 1 atom stereocenters. The number of thioether (sulfide) groups is 1. The van der Waals surface area contributed by atoms with Crippen LogP contribution < -0.4 is 5.32 Å². The van der Waals surface area contributed by atoms with E-state index in [1.807, 2.05) is 42.5 Å². The SMILES string of the molecule is O=C(CSc1nc2ccccc2nc1Cc1ccccc1)NC[C@@H]1CCCO1. The molecule has 1 aromatic heterocycles. The van der Waals surface area contributed by atoms with Gasteiger partial charge in [0.1, 0.15) is 5.03 Å². The van der Waals surface area contributed by atoms with Gasteiger partial charge in [-0.1, -0.05) is 54.2 Å². The van der Waals surface area contributed by atoms with Crippen LogP contribution in [0.5, 0.6) is 0 Å². The van der Waals surface area contributed by atoms with Crippen LogP contribution >= 0.6 is 11.8 Å². The lowest BCUT2D eigenvalue weighted by atomic mass is 10.1. The van der Waals surface area contributed by atoms with Crippen LogP contribution in [-0.4, -0.2) is 40.9 Å². The molecule has 0 radical (unpaired) electrons. The number of ether oxygens (including phenoxy) is 1. The Bertz CT molecular complexity index is 943. The number of fused-ring (bicyclic) bond motifs is 1. The molecule has 1 N–H and O–H groups in total. The Morgan fingerprint density at radius 1 is 1.07 bits per heavy atom. The second-order valence-electron chi connectivity index (χ2n) is 6.85. The highest BCUT2D eigenvalue weighted by Gasteiger charge is 2.17. The molecule has 0 unspecified atom stereocenters. The van der Waals surface area contributed by atoms with Crippen LogP contribution in [0.25, 0.3) is 11.0 Å². The largest absolute Gasteiger partial charge is 0.376 e. The van der Waals surface area contributed by atoms with E-state index in [2.05, 4.69) is 17.4 Å². The first-order chi connectivity index (χ1) is 13.8. The quantitative estimate of drug-likeness (QED) is 0.621. The average Bonchev–Trinajstić information content (AvgIpc) is 3.25. The van der Waals surface area contributed by atoms with Crippen molar-refractivity contribution >= 4 is 28.7 Å². The van der Waals surface area contributed by atoms with Gasteiger partial charge in [0, 0.05) is 19.6 Å². The number of amides is 1. The Labute approximate surface area is 168 Å². The predicted octanol–water partition coefficient (Wildman–Crippen LogP) is 3.61. The van der Waals surface area contributed by atoms with E-state index in [1.54, 1.807) is 0 Å². The summed E-state index contributed by atoms with van der Waals surface area (Å²) in [5, 5.41) is 3.78. The van der Waals surface area contributed by atoms with Gasteiger partial charge in [-0.05, 0) is 30.5 Å². The first-order valence-electron chi connectivity index (χ1n) is 9.58. The van der Waals surface area contributed by atoms with E-state index in [1.165, 1.54) is 17.3 Å².